The molecule has 0 spiro atoms. The summed E-state index contributed by atoms with van der Waals surface area (Å²) in [5.74, 6) is 1.84. The molecule has 2 rings (SSSR count). The first kappa shape index (κ1) is 20.1. The third-order valence-electron chi connectivity index (χ3n) is 3.46. The van der Waals surface area contributed by atoms with Gasteiger partial charge in [-0.15, -0.1) is 0 Å². The molecule has 142 valence electrons. The number of nitrogens with one attached hydrogen (secondary N) is 3. The van der Waals surface area contributed by atoms with Crippen LogP contribution in [0.3, 0.4) is 0 Å². The van der Waals surface area contributed by atoms with Gasteiger partial charge in [-0.1, -0.05) is 0 Å². The lowest BCUT2D eigenvalue weighted by atomic mass is 10.2. The Morgan fingerprint density at radius 1 is 1.07 bits per heavy atom. The molecule has 0 saturated heterocycles. The lowest BCUT2D eigenvalue weighted by molar-refractivity contribution is -0.137. The Labute approximate surface area is 160 Å². The number of benzene rings is 1. The summed E-state index contributed by atoms with van der Waals surface area (Å²) in [6.45, 7) is 0. The molecule has 6 N–H and O–H groups in total. The fourth-order valence-corrected chi connectivity index (χ4v) is 2.14. The third-order valence-corrected chi connectivity index (χ3v) is 3.46. The molecule has 9 heteroatoms. The van der Waals surface area contributed by atoms with Crippen molar-refractivity contribution in [1.29, 1.82) is 5.41 Å². The van der Waals surface area contributed by atoms with Crippen LogP contribution >= 0.6 is 0 Å². The van der Waals surface area contributed by atoms with Crippen molar-refractivity contribution in [1.82, 2.24) is 4.98 Å². The van der Waals surface area contributed by atoms with Crippen LogP contribution in [0.4, 0.5) is 11.4 Å². The molecule has 2 aromatic rings. The zero-order valence-electron chi connectivity index (χ0n) is 14.7. The SMILES string of the molecule is N=C(N)c1ccc(NC(=O)C#CC(=O)Nc2cccnc2CCC(=O)O)cc1. The summed E-state index contributed by atoms with van der Waals surface area (Å²) in [7, 11) is 0. The van der Waals surface area contributed by atoms with E-state index in [0.29, 0.717) is 22.6 Å². The summed E-state index contributed by atoms with van der Waals surface area (Å²) in [5.41, 5.74) is 7.05. The smallest absolute Gasteiger partial charge is 0.303 e. The first-order valence-corrected chi connectivity index (χ1v) is 8.09. The maximum atomic E-state index is 11.9. The van der Waals surface area contributed by atoms with Gasteiger partial charge in [0.15, 0.2) is 0 Å². The number of carboxylic acid groups (broad SMARTS) is 1. The highest BCUT2D eigenvalue weighted by molar-refractivity contribution is 6.12. The molecule has 0 atom stereocenters. The predicted molar refractivity (Wildman–Crippen MR) is 103 cm³/mol. The molecular weight excluding hydrogens is 362 g/mol. The molecule has 0 fully saturated rings. The van der Waals surface area contributed by atoms with Crippen LogP contribution in [-0.2, 0) is 20.8 Å². The van der Waals surface area contributed by atoms with Crippen molar-refractivity contribution in [3.63, 3.8) is 0 Å². The van der Waals surface area contributed by atoms with Crippen LogP contribution in [-0.4, -0.2) is 33.7 Å². The van der Waals surface area contributed by atoms with Crippen LogP contribution in [0.25, 0.3) is 0 Å². The van der Waals surface area contributed by atoms with E-state index in [1.807, 2.05) is 0 Å². The van der Waals surface area contributed by atoms with E-state index < -0.39 is 17.8 Å². The maximum Gasteiger partial charge on any atom is 0.303 e. The topological polar surface area (TPSA) is 158 Å². The summed E-state index contributed by atoms with van der Waals surface area (Å²) < 4.78 is 0. The van der Waals surface area contributed by atoms with E-state index in [2.05, 4.69) is 27.5 Å². The third kappa shape index (κ3) is 6.27. The number of pyridine rings is 1. The Hall–Kier alpha value is -4.19. The van der Waals surface area contributed by atoms with Gasteiger partial charge in [-0.3, -0.25) is 24.8 Å². The summed E-state index contributed by atoms with van der Waals surface area (Å²) in [6, 6.07) is 9.41. The van der Waals surface area contributed by atoms with Crippen molar-refractivity contribution in [2.75, 3.05) is 10.6 Å². The van der Waals surface area contributed by atoms with Gasteiger partial charge in [0.25, 0.3) is 0 Å². The molecule has 28 heavy (non-hydrogen) atoms. The number of rotatable bonds is 6. The van der Waals surface area contributed by atoms with Crippen molar-refractivity contribution in [2.24, 2.45) is 5.73 Å². The molecule has 1 heterocycles. The quantitative estimate of drug-likeness (QED) is 0.286. The lowest BCUT2D eigenvalue weighted by Gasteiger charge is -2.06. The van der Waals surface area contributed by atoms with E-state index in [9.17, 15) is 14.4 Å². The molecule has 1 aromatic carbocycles. The highest BCUT2D eigenvalue weighted by Gasteiger charge is 2.08. The Bertz CT molecular complexity index is 974. The number of carboxylic acids is 1. The van der Waals surface area contributed by atoms with Crippen molar-refractivity contribution >= 4 is 35.0 Å². The van der Waals surface area contributed by atoms with Crippen LogP contribution in [0.2, 0.25) is 0 Å². The molecule has 0 aliphatic rings. The average Bonchev–Trinajstić information content (AvgIpc) is 2.66. The second-order valence-electron chi connectivity index (χ2n) is 5.54. The zero-order valence-corrected chi connectivity index (χ0v) is 14.7. The molecule has 0 bridgehead atoms. The van der Waals surface area contributed by atoms with Gasteiger partial charge in [-0.05, 0) is 36.4 Å². The number of hydrogen-bond donors (Lipinski definition) is 5. The summed E-state index contributed by atoms with van der Waals surface area (Å²) >= 11 is 0. The first-order valence-electron chi connectivity index (χ1n) is 8.09. The van der Waals surface area contributed by atoms with Crippen LogP contribution in [0.15, 0.2) is 42.6 Å². The minimum atomic E-state index is -0.976. The first-order chi connectivity index (χ1) is 13.3. The van der Waals surface area contributed by atoms with Crippen molar-refractivity contribution in [3.05, 3.63) is 53.9 Å². The van der Waals surface area contributed by atoms with Crippen molar-refractivity contribution in [3.8, 4) is 11.8 Å². The fraction of sp³-hybridized carbons (Fsp3) is 0.105. The van der Waals surface area contributed by atoms with Gasteiger partial charge in [-0.25, -0.2) is 0 Å². The van der Waals surface area contributed by atoms with Gasteiger partial charge in [0.05, 0.1) is 17.8 Å². The number of hydrogen-bond acceptors (Lipinski definition) is 5. The summed E-state index contributed by atoms with van der Waals surface area (Å²) in [4.78, 5) is 38.5. The Morgan fingerprint density at radius 2 is 1.71 bits per heavy atom. The van der Waals surface area contributed by atoms with E-state index >= 15 is 0 Å². The number of nitrogens with zero attached hydrogens (tertiary/aromatic N) is 1. The van der Waals surface area contributed by atoms with Crippen LogP contribution in [0.1, 0.15) is 17.7 Å². The number of carbonyl (C=O) groups excluding carboxylic acids is 2. The molecule has 0 saturated carbocycles. The van der Waals surface area contributed by atoms with Gasteiger partial charge in [0.2, 0.25) is 0 Å². The minimum Gasteiger partial charge on any atom is -0.481 e. The molecule has 0 aliphatic heterocycles. The van der Waals surface area contributed by atoms with E-state index in [1.54, 1.807) is 36.4 Å². The number of aromatic nitrogens is 1. The van der Waals surface area contributed by atoms with E-state index in [4.69, 9.17) is 16.2 Å². The van der Waals surface area contributed by atoms with Gasteiger partial charge < -0.3 is 21.5 Å². The van der Waals surface area contributed by atoms with Crippen molar-refractivity contribution < 1.29 is 19.5 Å². The van der Waals surface area contributed by atoms with Crippen molar-refractivity contribution in [2.45, 2.75) is 12.8 Å². The Morgan fingerprint density at radius 3 is 2.32 bits per heavy atom. The molecule has 1 aromatic heterocycles. The number of nitrogens with two attached hydrogens (primary N) is 1. The van der Waals surface area contributed by atoms with E-state index in [-0.39, 0.29) is 18.7 Å². The molecule has 0 unspecified atom stereocenters. The van der Waals surface area contributed by atoms with Crippen LogP contribution < -0.4 is 16.4 Å². The van der Waals surface area contributed by atoms with Gasteiger partial charge >= 0.3 is 17.8 Å². The minimum absolute atomic E-state index is 0.0903. The number of amidine groups is 1. The Kier molecular flexibility index (Phi) is 6.82. The highest BCUT2D eigenvalue weighted by Crippen LogP contribution is 2.14. The fourth-order valence-electron chi connectivity index (χ4n) is 2.14. The molecule has 0 radical (unpaired) electrons. The van der Waals surface area contributed by atoms with Crippen LogP contribution in [0, 0.1) is 17.3 Å². The van der Waals surface area contributed by atoms with Gasteiger partial charge in [0, 0.05) is 35.7 Å². The number of amides is 2. The highest BCUT2D eigenvalue weighted by atomic mass is 16.4. The number of carbonyl (C=O) groups is 3. The summed E-state index contributed by atoms with van der Waals surface area (Å²) in [6.07, 6.45) is 1.51. The predicted octanol–water partition coefficient (Wildman–Crippen LogP) is 0.963. The average molecular weight is 379 g/mol. The van der Waals surface area contributed by atoms with Gasteiger partial charge in [-0.2, -0.15) is 0 Å². The molecule has 9 nitrogen and oxygen atoms in total. The van der Waals surface area contributed by atoms with E-state index in [0.717, 1.165) is 0 Å². The lowest BCUT2D eigenvalue weighted by Crippen LogP contribution is -2.14. The largest absolute Gasteiger partial charge is 0.481 e. The second kappa shape index (κ2) is 9.49. The van der Waals surface area contributed by atoms with Gasteiger partial charge in [0.1, 0.15) is 5.84 Å². The van der Waals surface area contributed by atoms with E-state index in [1.165, 1.54) is 6.20 Å². The number of anilines is 2. The monoisotopic (exact) mass is 379 g/mol. The summed E-state index contributed by atoms with van der Waals surface area (Å²) in [5, 5.41) is 21.0. The van der Waals surface area contributed by atoms with Crippen LogP contribution in [0.5, 0.6) is 0 Å². The number of aliphatic carboxylic acids is 1. The molecule has 0 aliphatic carbocycles. The molecular formula is C19H17N5O4. The number of aryl methyl sites for hydroxylation is 1. The molecule has 2 amide bonds. The Balaban J connectivity index is 1.96. The number of nitrogen functional groups attached to an aromatic ring is 1. The second-order valence-corrected chi connectivity index (χ2v) is 5.54. The zero-order chi connectivity index (χ0) is 20.5. The normalized spacial score (nSPS) is 9.57. The maximum absolute atomic E-state index is 11.9. The standard InChI is InChI=1S/C19H17N5O4/c20-19(21)12-3-5-13(6-4-12)23-16(25)8-9-17(26)24-15-2-1-11-22-14(15)7-10-18(27)28/h1-6,11H,7,10H2,(H3,20,21)(H,23,25)(H,24,26)(H,27,28).